The fraction of sp³-hybridized carbons (Fsp3) is 0.567. The highest BCUT2D eigenvalue weighted by atomic mass is 32.1. The van der Waals surface area contributed by atoms with Crippen LogP contribution in [0.1, 0.15) is 62.1 Å². The van der Waals surface area contributed by atoms with Gasteiger partial charge in [0.15, 0.2) is 11.5 Å². The van der Waals surface area contributed by atoms with Crippen LogP contribution in [0.15, 0.2) is 35.1 Å². The van der Waals surface area contributed by atoms with Crippen molar-refractivity contribution in [2.45, 2.75) is 70.8 Å². The first-order valence-corrected chi connectivity index (χ1v) is 14.7. The number of H-pyrrole nitrogens is 1. The lowest BCUT2D eigenvalue weighted by Gasteiger charge is -2.36. The van der Waals surface area contributed by atoms with E-state index >= 15 is 0 Å². The number of aromatic nitrogens is 1. The Kier molecular flexibility index (Phi) is 10.5. The number of hydrogen-bond donors (Lipinski definition) is 2. The Hall–Kier alpha value is -2.35. The third-order valence-corrected chi connectivity index (χ3v) is 8.44. The molecule has 3 aromatic rings. The molecule has 0 bridgehead atoms. The van der Waals surface area contributed by atoms with E-state index < -0.39 is 0 Å². The first kappa shape index (κ1) is 27.7. The Labute approximate surface area is 225 Å². The molecule has 1 atom stereocenters. The maximum absolute atomic E-state index is 11.5. The third-order valence-electron chi connectivity index (χ3n) is 7.58. The fourth-order valence-electron chi connectivity index (χ4n) is 5.67. The molecule has 6 nitrogen and oxygen atoms in total. The summed E-state index contributed by atoms with van der Waals surface area (Å²) in [7, 11) is 3.46. The lowest BCUT2D eigenvalue weighted by Crippen LogP contribution is -2.40. The minimum atomic E-state index is 0.0221. The van der Waals surface area contributed by atoms with Crippen LogP contribution in [0.5, 0.6) is 11.5 Å². The molecule has 7 heteroatoms. The zero-order valence-corrected chi connectivity index (χ0v) is 23.6. The predicted molar refractivity (Wildman–Crippen MR) is 155 cm³/mol. The van der Waals surface area contributed by atoms with Crippen LogP contribution in [0.25, 0.3) is 10.2 Å². The van der Waals surface area contributed by atoms with Gasteiger partial charge in [0.1, 0.15) is 0 Å². The summed E-state index contributed by atoms with van der Waals surface area (Å²) in [5, 5.41) is 3.59. The molecule has 1 aliphatic rings. The molecular weight excluding hydrogens is 482 g/mol. The van der Waals surface area contributed by atoms with Gasteiger partial charge in [-0.05, 0) is 100 Å². The summed E-state index contributed by atoms with van der Waals surface area (Å²) in [6, 6.07) is 11.2. The van der Waals surface area contributed by atoms with E-state index in [1.54, 1.807) is 14.2 Å². The Bertz CT molecular complexity index is 1190. The molecule has 1 aromatic heterocycles. The molecule has 0 aliphatic heterocycles. The summed E-state index contributed by atoms with van der Waals surface area (Å²) >= 11 is 1.28. The topological polar surface area (TPSA) is 66.6 Å². The first-order valence-electron chi connectivity index (χ1n) is 13.9. The zero-order valence-electron chi connectivity index (χ0n) is 22.7. The maximum Gasteiger partial charge on any atom is 0.305 e. The third kappa shape index (κ3) is 7.37. The van der Waals surface area contributed by atoms with Gasteiger partial charge in [0, 0.05) is 11.6 Å². The second-order valence-electron chi connectivity index (χ2n) is 10.1. The first-order chi connectivity index (χ1) is 18.1. The average Bonchev–Trinajstić information content (AvgIpc) is 3.29. The standard InChI is InChI=1S/C30H43N3O3S/c1-4-18-33(24-11-12-25-23(21-24)10-13-27(35-2)29(25)36-3)19-8-6-5-7-16-31-17-15-22-9-14-28-26(20-22)32-30(34)37-28/h9-10,13-14,20,24,31H,4-8,11-12,15-19,21H2,1-3H3,(H,32,34). The minimum absolute atomic E-state index is 0.0221. The van der Waals surface area contributed by atoms with Crippen molar-refractivity contribution in [2.75, 3.05) is 40.4 Å². The van der Waals surface area contributed by atoms with Gasteiger partial charge in [-0.25, -0.2) is 0 Å². The van der Waals surface area contributed by atoms with E-state index in [1.165, 1.54) is 79.6 Å². The molecule has 0 radical (unpaired) electrons. The van der Waals surface area contributed by atoms with Crippen LogP contribution in [0, 0.1) is 0 Å². The quantitative estimate of drug-likeness (QED) is 0.254. The van der Waals surface area contributed by atoms with Crippen LogP contribution in [-0.4, -0.2) is 56.3 Å². The Morgan fingerprint density at radius 3 is 2.73 bits per heavy atom. The van der Waals surface area contributed by atoms with Crippen LogP contribution in [0.2, 0.25) is 0 Å². The number of thiazole rings is 1. The van der Waals surface area contributed by atoms with Gasteiger partial charge in [-0.3, -0.25) is 4.79 Å². The number of nitrogens with zero attached hydrogens (tertiary/aromatic N) is 1. The highest BCUT2D eigenvalue weighted by Gasteiger charge is 2.27. The normalized spacial score (nSPS) is 15.3. The Morgan fingerprint density at radius 1 is 1.05 bits per heavy atom. The summed E-state index contributed by atoms with van der Waals surface area (Å²) in [6.07, 6.45) is 10.6. The molecule has 0 fully saturated rings. The number of fused-ring (bicyclic) bond motifs is 2. The molecule has 4 rings (SSSR count). The van der Waals surface area contributed by atoms with Crippen molar-refractivity contribution < 1.29 is 9.47 Å². The van der Waals surface area contributed by atoms with Crippen molar-refractivity contribution in [1.29, 1.82) is 0 Å². The van der Waals surface area contributed by atoms with E-state index in [2.05, 4.69) is 52.5 Å². The number of ether oxygens (including phenoxy) is 2. The van der Waals surface area contributed by atoms with Gasteiger partial charge in [0.25, 0.3) is 0 Å². The highest BCUT2D eigenvalue weighted by Crippen LogP contribution is 2.38. The molecule has 2 aromatic carbocycles. The van der Waals surface area contributed by atoms with Gasteiger partial charge in [0.2, 0.25) is 0 Å². The average molecular weight is 526 g/mol. The molecule has 1 aliphatic carbocycles. The fourth-order valence-corrected chi connectivity index (χ4v) is 6.39. The molecular formula is C30H43N3O3S. The maximum atomic E-state index is 11.5. The van der Waals surface area contributed by atoms with Crippen molar-refractivity contribution in [3.8, 4) is 11.5 Å². The van der Waals surface area contributed by atoms with Crippen LogP contribution < -0.4 is 19.7 Å². The monoisotopic (exact) mass is 525 g/mol. The van der Waals surface area contributed by atoms with Crippen molar-refractivity contribution in [1.82, 2.24) is 15.2 Å². The lowest BCUT2D eigenvalue weighted by atomic mass is 9.86. The van der Waals surface area contributed by atoms with E-state index in [4.69, 9.17) is 9.47 Å². The number of benzene rings is 2. The van der Waals surface area contributed by atoms with Gasteiger partial charge in [-0.1, -0.05) is 43.2 Å². The summed E-state index contributed by atoms with van der Waals surface area (Å²) in [6.45, 7) is 6.72. The second kappa shape index (κ2) is 14.0. The molecule has 1 unspecified atom stereocenters. The summed E-state index contributed by atoms with van der Waals surface area (Å²) in [4.78, 5) is 17.1. The smallest absolute Gasteiger partial charge is 0.305 e. The van der Waals surface area contributed by atoms with Crippen molar-refractivity contribution in [3.63, 3.8) is 0 Å². The molecule has 202 valence electrons. The molecule has 0 saturated carbocycles. The summed E-state index contributed by atoms with van der Waals surface area (Å²) in [5.41, 5.74) is 4.99. The van der Waals surface area contributed by atoms with Crippen molar-refractivity contribution in [3.05, 3.63) is 56.7 Å². The minimum Gasteiger partial charge on any atom is -0.493 e. The molecule has 1 heterocycles. The molecule has 0 spiro atoms. The van der Waals surface area contributed by atoms with Crippen molar-refractivity contribution >= 4 is 21.6 Å². The molecule has 0 amide bonds. The SMILES string of the molecule is CCCN(CCCCCCNCCc1ccc2sc(=O)[nH]c2c1)C1CCc2c(ccc(OC)c2OC)C1. The molecule has 2 N–H and O–H groups in total. The van der Waals surface area contributed by atoms with Gasteiger partial charge < -0.3 is 24.7 Å². The number of methoxy groups -OCH3 is 2. The molecule has 0 saturated heterocycles. The Balaban J connectivity index is 1.13. The van der Waals surface area contributed by atoms with Crippen LogP contribution >= 0.6 is 11.3 Å². The van der Waals surface area contributed by atoms with Crippen LogP contribution in [0.3, 0.4) is 0 Å². The number of aromatic amines is 1. The van der Waals surface area contributed by atoms with Crippen LogP contribution in [-0.2, 0) is 19.3 Å². The van der Waals surface area contributed by atoms with E-state index in [0.29, 0.717) is 6.04 Å². The number of rotatable bonds is 15. The summed E-state index contributed by atoms with van der Waals surface area (Å²) < 4.78 is 12.2. The van der Waals surface area contributed by atoms with Crippen LogP contribution in [0.4, 0.5) is 0 Å². The molecule has 37 heavy (non-hydrogen) atoms. The lowest BCUT2D eigenvalue weighted by molar-refractivity contribution is 0.175. The largest absolute Gasteiger partial charge is 0.493 e. The zero-order chi connectivity index (χ0) is 26.0. The van der Waals surface area contributed by atoms with Gasteiger partial charge >= 0.3 is 4.87 Å². The van der Waals surface area contributed by atoms with E-state index in [1.807, 2.05) is 0 Å². The van der Waals surface area contributed by atoms with E-state index in [0.717, 1.165) is 54.1 Å². The number of hydrogen-bond acceptors (Lipinski definition) is 6. The van der Waals surface area contributed by atoms with Gasteiger partial charge in [-0.2, -0.15) is 0 Å². The number of nitrogens with one attached hydrogen (secondary N) is 2. The number of unbranched alkanes of at least 4 members (excludes halogenated alkanes) is 3. The van der Waals surface area contributed by atoms with Gasteiger partial charge in [-0.15, -0.1) is 0 Å². The predicted octanol–water partition coefficient (Wildman–Crippen LogP) is 5.57. The van der Waals surface area contributed by atoms with E-state index in [-0.39, 0.29) is 4.87 Å². The van der Waals surface area contributed by atoms with E-state index in [9.17, 15) is 4.79 Å². The summed E-state index contributed by atoms with van der Waals surface area (Å²) in [5.74, 6) is 1.77. The highest BCUT2D eigenvalue weighted by molar-refractivity contribution is 7.16. The second-order valence-corrected chi connectivity index (χ2v) is 11.1. The Morgan fingerprint density at radius 2 is 1.92 bits per heavy atom. The van der Waals surface area contributed by atoms with Gasteiger partial charge in [0.05, 0.1) is 24.4 Å². The van der Waals surface area contributed by atoms with Crippen molar-refractivity contribution in [2.24, 2.45) is 0 Å².